The van der Waals surface area contributed by atoms with Gasteiger partial charge in [-0.1, -0.05) is 6.92 Å². The van der Waals surface area contributed by atoms with Crippen LogP contribution in [0.25, 0.3) is 0 Å². The van der Waals surface area contributed by atoms with E-state index in [4.69, 9.17) is 4.74 Å². The van der Waals surface area contributed by atoms with Gasteiger partial charge in [-0.25, -0.2) is 0 Å². The first-order valence-corrected chi connectivity index (χ1v) is 6.11. The third kappa shape index (κ3) is 2.43. The highest BCUT2D eigenvalue weighted by Crippen LogP contribution is 2.25. The largest absolute Gasteiger partial charge is 0.469 e. The van der Waals surface area contributed by atoms with Crippen LogP contribution in [0.1, 0.15) is 25.5 Å². The fourth-order valence-electron chi connectivity index (χ4n) is 2.36. The van der Waals surface area contributed by atoms with E-state index in [1.807, 2.05) is 6.20 Å². The van der Waals surface area contributed by atoms with Crippen LogP contribution >= 0.6 is 0 Å². The van der Waals surface area contributed by atoms with Crippen molar-refractivity contribution in [2.45, 2.75) is 26.2 Å². The summed E-state index contributed by atoms with van der Waals surface area (Å²) in [7, 11) is 1.46. The maximum Gasteiger partial charge on any atom is 0.308 e. The molecule has 0 saturated carbocycles. The predicted octanol–water partition coefficient (Wildman–Crippen LogP) is 1.36. The molecule has 2 rings (SSSR count). The number of aromatic amines is 1. The van der Waals surface area contributed by atoms with E-state index in [2.05, 4.69) is 22.0 Å². The summed E-state index contributed by atoms with van der Waals surface area (Å²) >= 11 is 0. The van der Waals surface area contributed by atoms with Crippen molar-refractivity contribution in [1.29, 1.82) is 0 Å². The molecule has 17 heavy (non-hydrogen) atoms. The van der Waals surface area contributed by atoms with Crippen molar-refractivity contribution in [3.05, 3.63) is 11.9 Å². The first-order chi connectivity index (χ1) is 8.26. The number of ether oxygens (including phenoxy) is 1. The maximum absolute atomic E-state index is 11.4. The van der Waals surface area contributed by atoms with Gasteiger partial charge in [-0.05, 0) is 19.3 Å². The van der Waals surface area contributed by atoms with Gasteiger partial charge in [0.15, 0.2) is 0 Å². The molecule has 0 spiro atoms. The van der Waals surface area contributed by atoms with E-state index in [-0.39, 0.29) is 11.9 Å². The Bertz CT molecular complexity index is 381. The molecule has 0 radical (unpaired) electrons. The van der Waals surface area contributed by atoms with Crippen molar-refractivity contribution in [3.63, 3.8) is 0 Å². The Balaban J connectivity index is 1.97. The Morgan fingerprint density at radius 2 is 2.29 bits per heavy atom. The number of hydrogen-bond donors (Lipinski definition) is 1. The zero-order valence-electron chi connectivity index (χ0n) is 10.4. The quantitative estimate of drug-likeness (QED) is 0.806. The number of carbonyl (C=O) groups excluding carboxylic acids is 1. The monoisotopic (exact) mass is 237 g/mol. The Kier molecular flexibility index (Phi) is 3.66. The van der Waals surface area contributed by atoms with Crippen molar-refractivity contribution in [3.8, 4) is 0 Å². The van der Waals surface area contributed by atoms with Crippen molar-refractivity contribution in [1.82, 2.24) is 10.2 Å². The molecular formula is C12H19N3O2. The molecule has 1 aliphatic rings. The summed E-state index contributed by atoms with van der Waals surface area (Å²) in [4.78, 5) is 13.7. The number of anilines is 1. The Morgan fingerprint density at radius 3 is 2.88 bits per heavy atom. The third-order valence-electron chi connectivity index (χ3n) is 3.42. The molecule has 0 atom stereocenters. The predicted molar refractivity (Wildman–Crippen MR) is 64.9 cm³/mol. The molecule has 1 aromatic heterocycles. The molecule has 0 bridgehead atoms. The molecule has 1 fully saturated rings. The molecule has 94 valence electrons. The average molecular weight is 237 g/mol. The topological polar surface area (TPSA) is 58.2 Å². The highest BCUT2D eigenvalue weighted by Gasteiger charge is 2.26. The second kappa shape index (κ2) is 5.21. The van der Waals surface area contributed by atoms with Crippen molar-refractivity contribution >= 4 is 11.7 Å². The number of aryl methyl sites for hydroxylation is 1. The normalized spacial score (nSPS) is 17.2. The smallest absolute Gasteiger partial charge is 0.308 e. The van der Waals surface area contributed by atoms with E-state index in [0.717, 1.165) is 32.4 Å². The van der Waals surface area contributed by atoms with Crippen LogP contribution in [0.3, 0.4) is 0 Å². The highest BCUT2D eigenvalue weighted by molar-refractivity contribution is 5.72. The molecular weight excluding hydrogens is 218 g/mol. The van der Waals surface area contributed by atoms with E-state index < -0.39 is 0 Å². The molecule has 0 aromatic carbocycles. The number of hydrogen-bond acceptors (Lipinski definition) is 4. The second-order valence-corrected chi connectivity index (χ2v) is 4.37. The van der Waals surface area contributed by atoms with E-state index in [1.54, 1.807) is 0 Å². The Labute approximate surface area is 101 Å². The number of rotatable bonds is 3. The molecule has 1 aromatic rings. The molecule has 0 amide bonds. The number of methoxy groups -OCH3 is 1. The summed E-state index contributed by atoms with van der Waals surface area (Å²) in [6.07, 6.45) is 4.55. The van der Waals surface area contributed by atoms with Crippen LogP contribution in [-0.4, -0.2) is 36.4 Å². The lowest BCUT2D eigenvalue weighted by atomic mass is 9.96. The van der Waals surface area contributed by atoms with E-state index in [9.17, 15) is 4.79 Å². The van der Waals surface area contributed by atoms with Gasteiger partial charge in [0.2, 0.25) is 0 Å². The van der Waals surface area contributed by atoms with Crippen molar-refractivity contribution < 1.29 is 9.53 Å². The molecule has 5 nitrogen and oxygen atoms in total. The van der Waals surface area contributed by atoms with E-state index in [0.29, 0.717) is 0 Å². The lowest BCUT2D eigenvalue weighted by Crippen LogP contribution is -2.37. The number of H-pyrrole nitrogens is 1. The van der Waals surface area contributed by atoms with E-state index >= 15 is 0 Å². The first kappa shape index (κ1) is 12.0. The number of aromatic nitrogens is 2. The van der Waals surface area contributed by atoms with Gasteiger partial charge < -0.3 is 9.64 Å². The standard InChI is InChI=1S/C12H19N3O2/c1-3-10-11(8-13-14-10)15-6-4-9(5-7-15)12(16)17-2/h8-9H,3-7H2,1-2H3,(H,13,14). The number of nitrogens with one attached hydrogen (secondary N) is 1. The first-order valence-electron chi connectivity index (χ1n) is 6.11. The van der Waals surface area contributed by atoms with Crippen LogP contribution in [0.15, 0.2) is 6.20 Å². The molecule has 1 aliphatic heterocycles. The maximum atomic E-state index is 11.4. The van der Waals surface area contributed by atoms with Gasteiger partial charge >= 0.3 is 5.97 Å². The van der Waals surface area contributed by atoms with Crippen LogP contribution in [0.2, 0.25) is 0 Å². The minimum Gasteiger partial charge on any atom is -0.469 e. The van der Waals surface area contributed by atoms with Crippen molar-refractivity contribution in [2.24, 2.45) is 5.92 Å². The number of esters is 1. The van der Waals surface area contributed by atoms with Crippen molar-refractivity contribution in [2.75, 3.05) is 25.1 Å². The van der Waals surface area contributed by atoms with Gasteiger partial charge in [-0.3, -0.25) is 9.89 Å². The molecule has 2 heterocycles. The Hall–Kier alpha value is -1.52. The average Bonchev–Trinajstić information content (AvgIpc) is 2.86. The molecule has 1 saturated heterocycles. The van der Waals surface area contributed by atoms with Gasteiger partial charge in [0.1, 0.15) is 0 Å². The van der Waals surface area contributed by atoms with Gasteiger partial charge in [0.05, 0.1) is 30.6 Å². The molecule has 0 aliphatic carbocycles. The van der Waals surface area contributed by atoms with E-state index in [1.165, 1.54) is 18.5 Å². The van der Waals surface area contributed by atoms with Gasteiger partial charge in [0, 0.05) is 13.1 Å². The van der Waals surface area contributed by atoms with Gasteiger partial charge in [0.25, 0.3) is 0 Å². The van der Waals surface area contributed by atoms with Crippen LogP contribution in [0.4, 0.5) is 5.69 Å². The zero-order chi connectivity index (χ0) is 12.3. The van der Waals surface area contributed by atoms with Crippen LogP contribution in [0, 0.1) is 5.92 Å². The number of nitrogens with zero attached hydrogens (tertiary/aromatic N) is 2. The summed E-state index contributed by atoms with van der Waals surface area (Å²) in [6, 6.07) is 0. The lowest BCUT2D eigenvalue weighted by molar-refractivity contribution is -0.146. The summed E-state index contributed by atoms with van der Waals surface area (Å²) in [5.41, 5.74) is 2.34. The number of carbonyl (C=O) groups is 1. The minimum atomic E-state index is -0.0763. The van der Waals surface area contributed by atoms with Gasteiger partial charge in [-0.2, -0.15) is 5.10 Å². The van der Waals surface area contributed by atoms with Gasteiger partial charge in [-0.15, -0.1) is 0 Å². The third-order valence-corrected chi connectivity index (χ3v) is 3.42. The van der Waals surface area contributed by atoms with Crippen LogP contribution in [0.5, 0.6) is 0 Å². The summed E-state index contributed by atoms with van der Waals surface area (Å²) in [6.45, 7) is 3.90. The Morgan fingerprint density at radius 1 is 1.59 bits per heavy atom. The summed E-state index contributed by atoms with van der Waals surface area (Å²) in [5.74, 6) is -0.0132. The summed E-state index contributed by atoms with van der Waals surface area (Å²) in [5, 5.41) is 7.09. The summed E-state index contributed by atoms with van der Waals surface area (Å²) < 4.78 is 4.78. The van der Waals surface area contributed by atoms with Crippen LogP contribution in [-0.2, 0) is 16.0 Å². The minimum absolute atomic E-state index is 0.0632. The fraction of sp³-hybridized carbons (Fsp3) is 0.667. The highest BCUT2D eigenvalue weighted by atomic mass is 16.5. The molecule has 0 unspecified atom stereocenters. The van der Waals surface area contributed by atoms with Crippen LogP contribution < -0.4 is 4.90 Å². The molecule has 5 heteroatoms. The number of piperidine rings is 1. The second-order valence-electron chi connectivity index (χ2n) is 4.37. The SMILES string of the molecule is CCc1[nH]ncc1N1CCC(C(=O)OC)CC1. The fourth-order valence-corrected chi connectivity index (χ4v) is 2.36. The zero-order valence-corrected chi connectivity index (χ0v) is 10.4. The molecule has 1 N–H and O–H groups in total. The lowest BCUT2D eigenvalue weighted by Gasteiger charge is -2.32.